The van der Waals surface area contributed by atoms with Gasteiger partial charge in [0.05, 0.1) is 6.10 Å². The Bertz CT molecular complexity index is 954. The maximum Gasteiger partial charge on any atom is 0.352 e. The van der Waals surface area contributed by atoms with Gasteiger partial charge in [0.1, 0.15) is 29.9 Å². The third-order valence-electron chi connectivity index (χ3n) is 4.97. The molecule has 3 aliphatic heterocycles. The number of nitrogens with one attached hydrogen (secondary N) is 1. The van der Waals surface area contributed by atoms with Crippen molar-refractivity contribution in [3.8, 4) is 0 Å². The number of carbonyl (C=O) groups excluding carboxylic acids is 2. The predicted octanol–water partition coefficient (Wildman–Crippen LogP) is -0.00660. The average molecular weight is 454 g/mol. The molecular formula is C17H19N5O6S2. The zero-order valence-corrected chi connectivity index (χ0v) is 17.5. The number of hydrogen-bond acceptors (Lipinski definition) is 10. The highest BCUT2D eigenvalue weighted by atomic mass is 32.2. The number of aromatic nitrogens is 1. The first-order chi connectivity index (χ1) is 14.4. The van der Waals surface area contributed by atoms with Gasteiger partial charge in [-0.05, 0) is 18.4 Å². The van der Waals surface area contributed by atoms with E-state index in [0.29, 0.717) is 17.9 Å². The van der Waals surface area contributed by atoms with Gasteiger partial charge in [0.25, 0.3) is 11.8 Å². The molecule has 0 bridgehead atoms. The maximum atomic E-state index is 12.8. The third-order valence-corrected chi connectivity index (χ3v) is 6.94. The molecule has 4 heterocycles. The molecule has 160 valence electrons. The van der Waals surface area contributed by atoms with E-state index < -0.39 is 29.2 Å². The number of ether oxygens (including phenoxy) is 1. The van der Waals surface area contributed by atoms with E-state index in [1.807, 2.05) is 0 Å². The second-order valence-corrected chi connectivity index (χ2v) is 8.73. The average Bonchev–Trinajstić information content (AvgIpc) is 3.40. The summed E-state index contributed by atoms with van der Waals surface area (Å²) in [5, 5.41) is 17.3. The lowest BCUT2D eigenvalue weighted by Gasteiger charge is -2.49. The Morgan fingerprint density at radius 2 is 2.30 bits per heavy atom. The van der Waals surface area contributed by atoms with E-state index in [0.717, 1.165) is 24.2 Å². The molecule has 3 atom stereocenters. The molecule has 3 aliphatic rings. The number of carboxylic acids is 1. The van der Waals surface area contributed by atoms with Crippen LogP contribution in [0, 0.1) is 0 Å². The van der Waals surface area contributed by atoms with E-state index in [4.69, 9.17) is 15.3 Å². The van der Waals surface area contributed by atoms with Gasteiger partial charge in [0, 0.05) is 17.7 Å². The molecule has 0 saturated carbocycles. The third kappa shape index (κ3) is 3.52. The molecule has 0 spiro atoms. The van der Waals surface area contributed by atoms with E-state index in [1.54, 1.807) is 5.38 Å². The Labute approximate surface area is 179 Å². The number of anilines is 1. The quantitative estimate of drug-likeness (QED) is 0.306. The molecule has 2 fully saturated rings. The molecule has 2 amide bonds. The predicted molar refractivity (Wildman–Crippen MR) is 109 cm³/mol. The number of aliphatic carboxylic acids is 1. The van der Waals surface area contributed by atoms with Crippen LogP contribution in [-0.2, 0) is 24.0 Å². The minimum absolute atomic E-state index is 0.0424. The van der Waals surface area contributed by atoms with Gasteiger partial charge in [-0.3, -0.25) is 14.5 Å². The van der Waals surface area contributed by atoms with Crippen LogP contribution in [0.3, 0.4) is 0 Å². The van der Waals surface area contributed by atoms with E-state index in [2.05, 4.69) is 15.5 Å². The minimum atomic E-state index is -1.18. The Hall–Kier alpha value is -2.64. The molecule has 11 nitrogen and oxygen atoms in total. The Kier molecular flexibility index (Phi) is 5.66. The fraction of sp³-hybridized carbons (Fsp3) is 0.471. The van der Waals surface area contributed by atoms with E-state index >= 15 is 0 Å². The summed E-state index contributed by atoms with van der Waals surface area (Å²) in [6.07, 6.45) is 1.29. The van der Waals surface area contributed by atoms with Crippen molar-refractivity contribution in [2.24, 2.45) is 5.16 Å². The molecule has 4 N–H and O–H groups in total. The van der Waals surface area contributed by atoms with Crippen LogP contribution in [0.25, 0.3) is 0 Å². The number of amides is 2. The number of fused-ring (bicyclic) bond motifs is 1. The fourth-order valence-electron chi connectivity index (χ4n) is 3.64. The number of β-lactam (4-membered cyclic amide) rings is 1. The smallest absolute Gasteiger partial charge is 0.352 e. The summed E-state index contributed by atoms with van der Waals surface area (Å²) in [4.78, 5) is 47.4. The number of carbonyl (C=O) groups is 3. The standard InChI is InChI=1S/C17H19N5O6S2/c1-27-21-10(8-6-30-17(18)19-8)13(23)20-11-14(24)22-12(16(25)26)7(5-29-15(11)22)9-3-2-4-28-9/h6,9,11,15H,2-5H2,1H3,(H2,18,19)(H,20,23)(H,25,26)/b21-10-/t9-,11?,15+/m0/s1. The first-order valence-electron chi connectivity index (χ1n) is 9.08. The molecule has 1 aromatic rings. The first kappa shape index (κ1) is 20.6. The van der Waals surface area contributed by atoms with Gasteiger partial charge in [-0.1, -0.05) is 5.16 Å². The molecule has 2 saturated heterocycles. The lowest BCUT2D eigenvalue weighted by molar-refractivity contribution is -0.150. The van der Waals surface area contributed by atoms with Crippen LogP contribution in [0.1, 0.15) is 18.5 Å². The SMILES string of the molecule is CO/N=C(\C(=O)NC1C(=O)N2C(C(=O)O)=C([C@@H]3CCCO3)CS[C@H]12)c1csc(N)n1. The second kappa shape index (κ2) is 8.24. The summed E-state index contributed by atoms with van der Waals surface area (Å²) < 4.78 is 5.63. The van der Waals surface area contributed by atoms with Crippen molar-refractivity contribution < 1.29 is 29.1 Å². The van der Waals surface area contributed by atoms with Gasteiger partial charge in [-0.15, -0.1) is 23.1 Å². The topological polar surface area (TPSA) is 156 Å². The van der Waals surface area contributed by atoms with Crippen LogP contribution >= 0.6 is 23.1 Å². The van der Waals surface area contributed by atoms with E-state index in [9.17, 15) is 19.5 Å². The zero-order valence-electron chi connectivity index (χ0n) is 15.9. The number of thioether (sulfide) groups is 1. The largest absolute Gasteiger partial charge is 0.477 e. The van der Waals surface area contributed by atoms with Crippen LogP contribution in [0.15, 0.2) is 21.8 Å². The Balaban J connectivity index is 1.53. The van der Waals surface area contributed by atoms with Crippen molar-refractivity contribution in [2.75, 3.05) is 25.2 Å². The molecule has 1 aromatic heterocycles. The van der Waals surface area contributed by atoms with E-state index in [-0.39, 0.29) is 28.3 Å². The molecular weight excluding hydrogens is 434 g/mol. The highest BCUT2D eigenvalue weighted by Crippen LogP contribution is 2.42. The number of oxime groups is 1. The summed E-state index contributed by atoms with van der Waals surface area (Å²) >= 11 is 2.53. The zero-order chi connectivity index (χ0) is 21.4. The molecule has 30 heavy (non-hydrogen) atoms. The number of nitrogens with two attached hydrogens (primary N) is 1. The van der Waals surface area contributed by atoms with Gasteiger partial charge >= 0.3 is 5.97 Å². The maximum absolute atomic E-state index is 12.8. The van der Waals surface area contributed by atoms with Gasteiger partial charge in [-0.25, -0.2) is 9.78 Å². The Morgan fingerprint density at radius 3 is 2.90 bits per heavy atom. The molecule has 4 rings (SSSR count). The number of carboxylic acid groups (broad SMARTS) is 1. The number of nitrogen functional groups attached to an aromatic ring is 1. The van der Waals surface area contributed by atoms with Gasteiger partial charge in [0.2, 0.25) is 0 Å². The van der Waals surface area contributed by atoms with Crippen molar-refractivity contribution in [1.82, 2.24) is 15.2 Å². The van der Waals surface area contributed by atoms with Crippen molar-refractivity contribution in [1.29, 1.82) is 0 Å². The van der Waals surface area contributed by atoms with Crippen molar-refractivity contribution in [3.05, 3.63) is 22.3 Å². The lowest BCUT2D eigenvalue weighted by atomic mass is 9.99. The number of hydrogen-bond donors (Lipinski definition) is 3. The summed E-state index contributed by atoms with van der Waals surface area (Å²) in [6, 6.07) is -0.888. The van der Waals surface area contributed by atoms with Crippen LogP contribution in [0.2, 0.25) is 0 Å². The number of thiazole rings is 1. The number of rotatable bonds is 6. The van der Waals surface area contributed by atoms with Gasteiger partial charge in [-0.2, -0.15) is 0 Å². The Morgan fingerprint density at radius 1 is 1.50 bits per heavy atom. The number of nitrogens with zero attached hydrogens (tertiary/aromatic N) is 3. The van der Waals surface area contributed by atoms with Crippen LogP contribution in [0.4, 0.5) is 5.13 Å². The monoisotopic (exact) mass is 453 g/mol. The normalized spacial score (nSPS) is 26.3. The second-order valence-electron chi connectivity index (χ2n) is 6.74. The molecule has 0 aromatic carbocycles. The highest BCUT2D eigenvalue weighted by molar-refractivity contribution is 8.00. The summed E-state index contributed by atoms with van der Waals surface area (Å²) in [5.41, 5.74) is 6.29. The van der Waals surface area contributed by atoms with Crippen LogP contribution in [0.5, 0.6) is 0 Å². The molecule has 13 heteroatoms. The summed E-state index contributed by atoms with van der Waals surface area (Å²) in [7, 11) is 1.28. The van der Waals surface area contributed by atoms with E-state index in [1.165, 1.54) is 23.8 Å². The fourth-order valence-corrected chi connectivity index (χ4v) is 5.60. The lowest BCUT2D eigenvalue weighted by Crippen LogP contribution is -2.71. The minimum Gasteiger partial charge on any atom is -0.477 e. The van der Waals surface area contributed by atoms with Crippen LogP contribution < -0.4 is 11.1 Å². The summed E-state index contributed by atoms with van der Waals surface area (Å²) in [6.45, 7) is 0.574. The van der Waals surface area contributed by atoms with Crippen molar-refractivity contribution >= 4 is 51.7 Å². The van der Waals surface area contributed by atoms with Crippen molar-refractivity contribution in [3.63, 3.8) is 0 Å². The highest BCUT2D eigenvalue weighted by Gasteiger charge is 2.55. The van der Waals surface area contributed by atoms with Gasteiger partial charge in [0.15, 0.2) is 10.8 Å². The molecule has 0 aliphatic carbocycles. The first-order valence-corrected chi connectivity index (χ1v) is 11.0. The van der Waals surface area contributed by atoms with Crippen molar-refractivity contribution in [2.45, 2.75) is 30.4 Å². The molecule has 0 radical (unpaired) electrons. The summed E-state index contributed by atoms with van der Waals surface area (Å²) in [5.74, 6) is -1.92. The molecule has 1 unspecified atom stereocenters. The van der Waals surface area contributed by atoms with Crippen LogP contribution in [-0.4, -0.2) is 75.5 Å². The van der Waals surface area contributed by atoms with Gasteiger partial charge < -0.3 is 25.7 Å².